The van der Waals surface area contributed by atoms with Crippen molar-refractivity contribution < 1.29 is 9.21 Å². The van der Waals surface area contributed by atoms with Crippen LogP contribution in [0.1, 0.15) is 29.8 Å². The highest BCUT2D eigenvalue weighted by molar-refractivity contribution is 5.91. The molecule has 1 atom stereocenters. The number of nitrogens with one attached hydrogen (secondary N) is 1. The lowest BCUT2D eigenvalue weighted by atomic mass is 10.0. The molecule has 1 unspecified atom stereocenters. The monoisotopic (exact) mass is 222 g/mol. The second kappa shape index (κ2) is 5.16. The van der Waals surface area contributed by atoms with E-state index in [9.17, 15) is 4.79 Å². The van der Waals surface area contributed by atoms with Gasteiger partial charge in [-0.05, 0) is 38.6 Å². The molecule has 4 heteroatoms. The number of hydrogen-bond donors (Lipinski definition) is 1. The molecular formula is C12H18N2O2. The number of furan rings is 1. The Hall–Kier alpha value is -1.29. The lowest BCUT2D eigenvalue weighted by Crippen LogP contribution is -2.44. The normalized spacial score (nSPS) is 21.9. The fraction of sp³-hybridized carbons (Fsp3) is 0.583. The van der Waals surface area contributed by atoms with E-state index < -0.39 is 0 Å². The highest BCUT2D eigenvalue weighted by Gasteiger charge is 2.19. The van der Waals surface area contributed by atoms with Crippen molar-refractivity contribution in [3.05, 3.63) is 24.2 Å². The van der Waals surface area contributed by atoms with Gasteiger partial charge in [-0.1, -0.05) is 6.42 Å². The van der Waals surface area contributed by atoms with Gasteiger partial charge in [-0.25, -0.2) is 0 Å². The maximum absolute atomic E-state index is 11.6. The van der Waals surface area contributed by atoms with Crippen molar-refractivity contribution in [2.45, 2.75) is 25.3 Å². The topological polar surface area (TPSA) is 45.5 Å². The molecule has 2 heterocycles. The van der Waals surface area contributed by atoms with Gasteiger partial charge in [0.05, 0.1) is 6.26 Å². The van der Waals surface area contributed by atoms with Gasteiger partial charge in [0.25, 0.3) is 5.91 Å². The van der Waals surface area contributed by atoms with Gasteiger partial charge in [0.15, 0.2) is 5.76 Å². The summed E-state index contributed by atoms with van der Waals surface area (Å²) in [6.45, 7) is 1.83. The Labute approximate surface area is 95.6 Å². The van der Waals surface area contributed by atoms with Crippen LogP contribution in [0.15, 0.2) is 22.8 Å². The number of piperidine rings is 1. The fourth-order valence-corrected chi connectivity index (χ4v) is 2.11. The molecule has 0 aliphatic carbocycles. The summed E-state index contributed by atoms with van der Waals surface area (Å²) in [7, 11) is 2.11. The quantitative estimate of drug-likeness (QED) is 0.842. The molecule has 0 bridgehead atoms. The highest BCUT2D eigenvalue weighted by Crippen LogP contribution is 2.14. The molecule has 1 aromatic rings. The first-order chi connectivity index (χ1) is 7.77. The summed E-state index contributed by atoms with van der Waals surface area (Å²) >= 11 is 0. The maximum Gasteiger partial charge on any atom is 0.287 e. The maximum atomic E-state index is 11.6. The van der Waals surface area contributed by atoms with Crippen molar-refractivity contribution in [3.63, 3.8) is 0 Å². The number of likely N-dealkylation sites (N-methyl/N-ethyl adjacent to an activating group) is 1. The number of nitrogens with zero attached hydrogens (tertiary/aromatic N) is 1. The van der Waals surface area contributed by atoms with E-state index in [2.05, 4.69) is 17.3 Å². The summed E-state index contributed by atoms with van der Waals surface area (Å²) in [5.74, 6) is 0.266. The Balaban J connectivity index is 1.80. The molecule has 0 saturated carbocycles. The van der Waals surface area contributed by atoms with Crippen LogP contribution in [0.4, 0.5) is 0 Å². The predicted octanol–water partition coefficient (Wildman–Crippen LogP) is 1.49. The van der Waals surface area contributed by atoms with Gasteiger partial charge in [-0.2, -0.15) is 0 Å². The predicted molar refractivity (Wildman–Crippen MR) is 61.3 cm³/mol. The molecule has 4 nitrogen and oxygen atoms in total. The zero-order chi connectivity index (χ0) is 11.4. The van der Waals surface area contributed by atoms with E-state index in [1.807, 2.05) is 0 Å². The third kappa shape index (κ3) is 2.64. The van der Waals surface area contributed by atoms with E-state index in [1.54, 1.807) is 12.1 Å². The van der Waals surface area contributed by atoms with Crippen LogP contribution >= 0.6 is 0 Å². The van der Waals surface area contributed by atoms with Crippen LogP contribution in [-0.2, 0) is 0 Å². The molecule has 1 fully saturated rings. The number of carbonyl (C=O) groups excluding carboxylic acids is 1. The minimum absolute atomic E-state index is 0.121. The van der Waals surface area contributed by atoms with Crippen molar-refractivity contribution in [1.29, 1.82) is 0 Å². The van der Waals surface area contributed by atoms with Gasteiger partial charge in [0, 0.05) is 12.6 Å². The van der Waals surface area contributed by atoms with Gasteiger partial charge < -0.3 is 14.6 Å². The molecule has 1 aliphatic rings. The van der Waals surface area contributed by atoms with Gasteiger partial charge in [0.1, 0.15) is 0 Å². The number of hydrogen-bond acceptors (Lipinski definition) is 3. The molecule has 88 valence electrons. The molecule has 1 N–H and O–H groups in total. The first-order valence-electron chi connectivity index (χ1n) is 5.79. The van der Waals surface area contributed by atoms with E-state index in [0.29, 0.717) is 18.3 Å². The van der Waals surface area contributed by atoms with Crippen LogP contribution in [0.25, 0.3) is 0 Å². The number of likely N-dealkylation sites (tertiary alicyclic amines) is 1. The summed E-state index contributed by atoms with van der Waals surface area (Å²) in [6, 6.07) is 3.87. The summed E-state index contributed by atoms with van der Waals surface area (Å²) in [5, 5.41) is 2.91. The molecule has 0 spiro atoms. The standard InChI is InChI=1S/C12H18N2O2/c1-14-7-3-2-5-10(14)9-13-12(15)11-6-4-8-16-11/h4,6,8,10H,2-3,5,7,9H2,1H3,(H,13,15). The number of rotatable bonds is 3. The second-order valence-electron chi connectivity index (χ2n) is 4.32. The first-order valence-corrected chi connectivity index (χ1v) is 5.79. The SMILES string of the molecule is CN1CCCCC1CNC(=O)c1ccco1. The summed E-state index contributed by atoms with van der Waals surface area (Å²) in [5.41, 5.74) is 0. The van der Waals surface area contributed by atoms with Crippen molar-refractivity contribution in [2.24, 2.45) is 0 Å². The Bertz CT molecular complexity index is 335. The number of carbonyl (C=O) groups is 1. The van der Waals surface area contributed by atoms with Crippen LogP contribution in [0.5, 0.6) is 0 Å². The van der Waals surface area contributed by atoms with E-state index in [0.717, 1.165) is 13.0 Å². The molecule has 2 rings (SSSR count). The fourth-order valence-electron chi connectivity index (χ4n) is 2.11. The minimum atomic E-state index is -0.121. The smallest absolute Gasteiger partial charge is 0.287 e. The van der Waals surface area contributed by atoms with Crippen LogP contribution < -0.4 is 5.32 Å². The largest absolute Gasteiger partial charge is 0.459 e. The van der Waals surface area contributed by atoms with E-state index in [-0.39, 0.29) is 5.91 Å². The summed E-state index contributed by atoms with van der Waals surface area (Å²) in [6.07, 6.45) is 5.20. The third-order valence-corrected chi connectivity index (χ3v) is 3.16. The van der Waals surface area contributed by atoms with Gasteiger partial charge >= 0.3 is 0 Å². The van der Waals surface area contributed by atoms with Gasteiger partial charge in [-0.15, -0.1) is 0 Å². The van der Waals surface area contributed by atoms with Crippen LogP contribution in [0, 0.1) is 0 Å². The van der Waals surface area contributed by atoms with Crippen molar-refractivity contribution >= 4 is 5.91 Å². The average Bonchev–Trinajstić information content (AvgIpc) is 2.81. The molecular weight excluding hydrogens is 204 g/mol. The van der Waals surface area contributed by atoms with Gasteiger partial charge in [0.2, 0.25) is 0 Å². The van der Waals surface area contributed by atoms with E-state index in [4.69, 9.17) is 4.42 Å². The van der Waals surface area contributed by atoms with Crippen LogP contribution in [-0.4, -0.2) is 37.0 Å². The Morgan fingerprint density at radius 2 is 2.50 bits per heavy atom. The molecule has 1 aliphatic heterocycles. The summed E-state index contributed by atoms with van der Waals surface area (Å²) < 4.78 is 5.04. The number of amides is 1. The zero-order valence-electron chi connectivity index (χ0n) is 9.61. The van der Waals surface area contributed by atoms with Crippen LogP contribution in [0.2, 0.25) is 0 Å². The van der Waals surface area contributed by atoms with E-state index >= 15 is 0 Å². The van der Waals surface area contributed by atoms with Crippen molar-refractivity contribution in [3.8, 4) is 0 Å². The molecule has 1 saturated heterocycles. The van der Waals surface area contributed by atoms with E-state index in [1.165, 1.54) is 19.1 Å². The Morgan fingerprint density at radius 1 is 1.62 bits per heavy atom. The third-order valence-electron chi connectivity index (χ3n) is 3.16. The second-order valence-corrected chi connectivity index (χ2v) is 4.32. The lowest BCUT2D eigenvalue weighted by Gasteiger charge is -2.32. The molecule has 1 amide bonds. The van der Waals surface area contributed by atoms with Gasteiger partial charge in [-0.3, -0.25) is 4.79 Å². The zero-order valence-corrected chi connectivity index (χ0v) is 9.61. The Kier molecular flexibility index (Phi) is 3.62. The van der Waals surface area contributed by atoms with Crippen LogP contribution in [0.3, 0.4) is 0 Å². The minimum Gasteiger partial charge on any atom is -0.459 e. The van der Waals surface area contributed by atoms with Crippen molar-refractivity contribution in [1.82, 2.24) is 10.2 Å². The van der Waals surface area contributed by atoms with Crippen molar-refractivity contribution in [2.75, 3.05) is 20.1 Å². The lowest BCUT2D eigenvalue weighted by molar-refractivity contribution is 0.0901. The summed E-state index contributed by atoms with van der Waals surface area (Å²) in [4.78, 5) is 13.9. The average molecular weight is 222 g/mol. The molecule has 0 aromatic carbocycles. The molecule has 16 heavy (non-hydrogen) atoms. The Morgan fingerprint density at radius 3 is 3.19 bits per heavy atom. The molecule has 1 aromatic heterocycles. The first kappa shape index (κ1) is 11.2. The molecule has 0 radical (unpaired) electrons. The highest BCUT2D eigenvalue weighted by atomic mass is 16.3.